The smallest absolute Gasteiger partial charge is 0.242 e. The molecule has 1 saturated heterocycles. The number of rotatable bonds is 6. The van der Waals surface area contributed by atoms with Crippen LogP contribution in [0.5, 0.6) is 17.2 Å². The van der Waals surface area contributed by atoms with E-state index in [1.807, 2.05) is 13.0 Å². The molecule has 0 aliphatic carbocycles. The van der Waals surface area contributed by atoms with Gasteiger partial charge in [0.1, 0.15) is 11.0 Å². The molecule has 0 bridgehead atoms. The molecule has 2 aromatic carbocycles. The fourth-order valence-electron chi connectivity index (χ4n) is 3.14. The van der Waals surface area contributed by atoms with Crippen LogP contribution in [-0.2, 0) is 9.59 Å². The van der Waals surface area contributed by atoms with Crippen LogP contribution in [0.25, 0.3) is 0 Å². The highest BCUT2D eigenvalue weighted by atomic mass is 32.2. The van der Waals surface area contributed by atoms with Crippen molar-refractivity contribution in [2.45, 2.75) is 18.6 Å². The highest BCUT2D eigenvalue weighted by Crippen LogP contribution is 2.37. The highest BCUT2D eigenvalue weighted by Gasteiger charge is 2.38. The molecule has 30 heavy (non-hydrogen) atoms. The van der Waals surface area contributed by atoms with Crippen molar-refractivity contribution in [1.29, 1.82) is 0 Å². The second kappa shape index (κ2) is 8.66. The summed E-state index contributed by atoms with van der Waals surface area (Å²) in [5.41, 5.74) is 1.31. The topological polar surface area (TPSA) is 89.5 Å². The quantitative estimate of drug-likeness (QED) is 0.760. The molecule has 9 heteroatoms. The zero-order valence-electron chi connectivity index (χ0n) is 16.6. The maximum atomic E-state index is 12.8. The largest absolute Gasteiger partial charge is 0.497 e. The third-order valence-electron chi connectivity index (χ3n) is 4.66. The van der Waals surface area contributed by atoms with E-state index < -0.39 is 5.25 Å². The Kier molecular flexibility index (Phi) is 5.80. The molecule has 0 spiro atoms. The molecule has 0 aromatic heterocycles. The number of hydrogen-bond acceptors (Lipinski definition) is 7. The van der Waals surface area contributed by atoms with E-state index in [4.69, 9.17) is 14.2 Å². The lowest BCUT2D eigenvalue weighted by atomic mass is 10.2. The van der Waals surface area contributed by atoms with Crippen molar-refractivity contribution in [3.05, 3.63) is 42.5 Å². The Balaban J connectivity index is 1.44. The number of methoxy groups -OCH3 is 1. The number of thioether (sulfide) groups is 1. The van der Waals surface area contributed by atoms with Crippen LogP contribution >= 0.6 is 11.8 Å². The van der Waals surface area contributed by atoms with Crippen LogP contribution in [-0.4, -0.2) is 47.6 Å². The van der Waals surface area contributed by atoms with Crippen molar-refractivity contribution in [3.63, 3.8) is 0 Å². The number of ether oxygens (including phenoxy) is 3. The minimum Gasteiger partial charge on any atom is -0.497 e. The van der Waals surface area contributed by atoms with Crippen LogP contribution in [0.3, 0.4) is 0 Å². The number of carbonyl (C=O) groups is 2. The minimum atomic E-state index is -0.518. The number of fused-ring (bicyclic) bond motifs is 1. The molecule has 8 nitrogen and oxygen atoms in total. The molecule has 0 saturated carbocycles. The monoisotopic (exact) mass is 427 g/mol. The normalized spacial score (nSPS) is 18.7. The predicted molar refractivity (Wildman–Crippen MR) is 115 cm³/mol. The summed E-state index contributed by atoms with van der Waals surface area (Å²) >= 11 is 1.30. The minimum absolute atomic E-state index is 0.0617. The molecule has 1 unspecified atom stereocenters. The van der Waals surface area contributed by atoms with Gasteiger partial charge in [-0.2, -0.15) is 0 Å². The molecule has 2 amide bonds. The van der Waals surface area contributed by atoms with Gasteiger partial charge in [-0.3, -0.25) is 14.5 Å². The molecule has 4 rings (SSSR count). The Morgan fingerprint density at radius 1 is 1.23 bits per heavy atom. The maximum Gasteiger partial charge on any atom is 0.242 e. The number of nitrogens with zero attached hydrogens (tertiary/aromatic N) is 2. The molecule has 2 aromatic rings. The summed E-state index contributed by atoms with van der Waals surface area (Å²) in [7, 11) is 1.58. The van der Waals surface area contributed by atoms with Gasteiger partial charge in [-0.15, -0.1) is 0 Å². The van der Waals surface area contributed by atoms with Crippen LogP contribution in [0.4, 0.5) is 11.4 Å². The third-order valence-corrected chi connectivity index (χ3v) is 5.84. The number of amidine groups is 1. The van der Waals surface area contributed by atoms with Crippen LogP contribution in [0.1, 0.15) is 13.3 Å². The molecule has 1 atom stereocenters. The molecular formula is C21H21N3O5S. The Labute approximate surface area is 178 Å². The van der Waals surface area contributed by atoms with Crippen LogP contribution in [0.15, 0.2) is 47.5 Å². The molecule has 2 aliphatic rings. The summed E-state index contributed by atoms with van der Waals surface area (Å²) in [6, 6.07) is 12.4. The first kappa shape index (κ1) is 20.1. The van der Waals surface area contributed by atoms with Gasteiger partial charge in [-0.05, 0) is 43.3 Å². The lowest BCUT2D eigenvalue weighted by Gasteiger charge is -2.13. The Morgan fingerprint density at radius 2 is 2.00 bits per heavy atom. The molecular weight excluding hydrogens is 406 g/mol. The maximum absolute atomic E-state index is 12.8. The van der Waals surface area contributed by atoms with E-state index in [0.717, 1.165) is 0 Å². The van der Waals surface area contributed by atoms with Gasteiger partial charge in [-0.1, -0.05) is 11.8 Å². The number of anilines is 1. The van der Waals surface area contributed by atoms with E-state index in [1.165, 1.54) is 11.8 Å². The molecule has 1 N–H and O–H groups in total. The zero-order chi connectivity index (χ0) is 21.1. The van der Waals surface area contributed by atoms with E-state index in [0.29, 0.717) is 40.3 Å². The summed E-state index contributed by atoms with van der Waals surface area (Å²) in [5, 5.41) is 2.87. The van der Waals surface area contributed by atoms with Crippen molar-refractivity contribution in [1.82, 2.24) is 4.90 Å². The van der Waals surface area contributed by atoms with E-state index in [1.54, 1.807) is 48.4 Å². The SMILES string of the molecule is CCN1C(=O)C(CC(=O)Nc2ccc(OC)cc2)SC1=Nc1ccc2c(c1)OCO2. The van der Waals surface area contributed by atoms with E-state index >= 15 is 0 Å². The van der Waals surface area contributed by atoms with Crippen LogP contribution in [0, 0.1) is 0 Å². The van der Waals surface area contributed by atoms with Gasteiger partial charge in [0.15, 0.2) is 16.7 Å². The van der Waals surface area contributed by atoms with E-state index in [-0.39, 0.29) is 25.0 Å². The van der Waals surface area contributed by atoms with Gasteiger partial charge in [0.25, 0.3) is 0 Å². The lowest BCUT2D eigenvalue weighted by molar-refractivity contribution is -0.128. The van der Waals surface area contributed by atoms with Gasteiger partial charge in [-0.25, -0.2) is 4.99 Å². The van der Waals surface area contributed by atoms with Crippen molar-refractivity contribution in [3.8, 4) is 17.2 Å². The van der Waals surface area contributed by atoms with E-state index in [2.05, 4.69) is 10.3 Å². The number of aliphatic imine (C=N–C) groups is 1. The highest BCUT2D eigenvalue weighted by molar-refractivity contribution is 8.15. The summed E-state index contributed by atoms with van der Waals surface area (Å²) in [6.45, 7) is 2.55. The lowest BCUT2D eigenvalue weighted by Crippen LogP contribution is -2.33. The summed E-state index contributed by atoms with van der Waals surface area (Å²) in [4.78, 5) is 31.4. The van der Waals surface area contributed by atoms with Crippen LogP contribution in [0.2, 0.25) is 0 Å². The average molecular weight is 427 g/mol. The number of amides is 2. The predicted octanol–water partition coefficient (Wildman–Crippen LogP) is 3.40. The average Bonchev–Trinajstić information content (AvgIpc) is 3.32. The Bertz CT molecular complexity index is 993. The van der Waals surface area contributed by atoms with Gasteiger partial charge < -0.3 is 19.5 Å². The zero-order valence-corrected chi connectivity index (χ0v) is 17.4. The summed E-state index contributed by atoms with van der Waals surface area (Å²) < 4.78 is 15.8. The molecule has 2 heterocycles. The first-order chi connectivity index (χ1) is 14.6. The van der Waals surface area contributed by atoms with Crippen molar-refractivity contribution in [2.75, 3.05) is 25.8 Å². The third kappa shape index (κ3) is 4.20. The van der Waals surface area contributed by atoms with Gasteiger partial charge >= 0.3 is 0 Å². The number of benzene rings is 2. The van der Waals surface area contributed by atoms with E-state index in [9.17, 15) is 9.59 Å². The first-order valence-corrected chi connectivity index (χ1v) is 10.4. The number of hydrogen-bond donors (Lipinski definition) is 1. The van der Waals surface area contributed by atoms with Crippen molar-refractivity contribution < 1.29 is 23.8 Å². The number of carbonyl (C=O) groups excluding carboxylic acids is 2. The Hall–Kier alpha value is -3.20. The standard InChI is InChI=1S/C21H21N3O5S/c1-3-24-20(26)18(11-19(25)22-13-4-7-15(27-2)8-5-13)30-21(24)23-14-6-9-16-17(10-14)29-12-28-16/h4-10,18H,3,11-12H2,1-2H3,(H,22,25). The summed E-state index contributed by atoms with van der Waals surface area (Å²) in [5.74, 6) is 1.66. The van der Waals surface area contributed by atoms with Crippen LogP contribution < -0.4 is 19.5 Å². The molecule has 1 fully saturated rings. The fourth-order valence-corrected chi connectivity index (χ4v) is 4.36. The molecule has 0 radical (unpaired) electrons. The number of nitrogens with one attached hydrogen (secondary N) is 1. The second-order valence-electron chi connectivity index (χ2n) is 6.60. The fraction of sp³-hybridized carbons (Fsp3) is 0.286. The van der Waals surface area contributed by atoms with Crippen molar-refractivity contribution in [2.24, 2.45) is 4.99 Å². The van der Waals surface area contributed by atoms with Gasteiger partial charge in [0, 0.05) is 24.7 Å². The van der Waals surface area contributed by atoms with Crippen molar-refractivity contribution >= 4 is 40.1 Å². The van der Waals surface area contributed by atoms with Gasteiger partial charge in [0.05, 0.1) is 12.8 Å². The summed E-state index contributed by atoms with van der Waals surface area (Å²) in [6.07, 6.45) is 0.0617. The molecule has 2 aliphatic heterocycles. The first-order valence-electron chi connectivity index (χ1n) is 9.47. The molecule has 156 valence electrons. The second-order valence-corrected chi connectivity index (χ2v) is 7.77. The van der Waals surface area contributed by atoms with Gasteiger partial charge in [0.2, 0.25) is 18.6 Å². The Morgan fingerprint density at radius 3 is 2.73 bits per heavy atom.